The first-order chi connectivity index (χ1) is 11.6. The van der Waals surface area contributed by atoms with Gasteiger partial charge in [0, 0.05) is 20.0 Å². The molecule has 4 heteroatoms. The van der Waals surface area contributed by atoms with Crippen LogP contribution in [-0.2, 0) is 11.3 Å². The Hall–Kier alpha value is -2.49. The third-order valence-corrected chi connectivity index (χ3v) is 4.30. The third kappa shape index (κ3) is 3.88. The Morgan fingerprint density at radius 3 is 2.54 bits per heavy atom. The molecule has 0 radical (unpaired) electrons. The normalized spacial score (nSPS) is 14.1. The summed E-state index contributed by atoms with van der Waals surface area (Å²) in [4.78, 5) is 14.3. The molecule has 1 heterocycles. The van der Waals surface area contributed by atoms with E-state index < -0.39 is 0 Å². The van der Waals surface area contributed by atoms with Crippen LogP contribution in [0.1, 0.15) is 30.4 Å². The van der Waals surface area contributed by atoms with Gasteiger partial charge in [-0.1, -0.05) is 43.3 Å². The van der Waals surface area contributed by atoms with Gasteiger partial charge in [-0.25, -0.2) is 0 Å². The molecule has 0 aromatic heterocycles. The number of ether oxygens (including phenoxy) is 2. The minimum Gasteiger partial charge on any atom is -0.486 e. The Kier molecular flexibility index (Phi) is 5.04. The highest BCUT2D eigenvalue weighted by Crippen LogP contribution is 2.31. The van der Waals surface area contributed by atoms with Crippen LogP contribution in [0.15, 0.2) is 48.5 Å². The summed E-state index contributed by atoms with van der Waals surface area (Å²) in [5, 5.41) is 0. The molecule has 4 nitrogen and oxygen atoms in total. The van der Waals surface area contributed by atoms with Gasteiger partial charge in [-0.15, -0.1) is 0 Å². The average molecular weight is 325 g/mol. The molecule has 0 spiro atoms. The Labute approximate surface area is 143 Å². The van der Waals surface area contributed by atoms with Crippen LogP contribution in [0, 0.1) is 0 Å². The third-order valence-electron chi connectivity index (χ3n) is 4.30. The molecule has 1 aliphatic rings. The maximum Gasteiger partial charge on any atom is 0.223 e. The second-order valence-corrected chi connectivity index (χ2v) is 6.24. The van der Waals surface area contributed by atoms with E-state index in [1.165, 1.54) is 5.56 Å². The molecule has 1 atom stereocenters. The van der Waals surface area contributed by atoms with E-state index in [2.05, 4.69) is 19.1 Å². The Morgan fingerprint density at radius 2 is 1.79 bits per heavy atom. The fourth-order valence-electron chi connectivity index (χ4n) is 2.87. The topological polar surface area (TPSA) is 38.8 Å². The highest BCUT2D eigenvalue weighted by molar-refractivity contribution is 5.76. The first kappa shape index (κ1) is 16.4. The number of rotatable bonds is 5. The SMILES string of the molecule is CC(CC(=O)N(C)Cc1ccc2c(c1)OCCO2)c1ccccc1. The van der Waals surface area contributed by atoms with Crippen molar-refractivity contribution in [1.29, 1.82) is 0 Å². The molecular weight excluding hydrogens is 302 g/mol. The average Bonchev–Trinajstić information content (AvgIpc) is 2.62. The van der Waals surface area contributed by atoms with Crippen molar-refractivity contribution in [3.05, 3.63) is 59.7 Å². The van der Waals surface area contributed by atoms with Crippen molar-refractivity contribution in [3.8, 4) is 11.5 Å². The van der Waals surface area contributed by atoms with E-state index in [9.17, 15) is 4.79 Å². The minimum atomic E-state index is 0.140. The summed E-state index contributed by atoms with van der Waals surface area (Å²) in [7, 11) is 1.84. The zero-order chi connectivity index (χ0) is 16.9. The van der Waals surface area contributed by atoms with E-state index >= 15 is 0 Å². The number of carbonyl (C=O) groups excluding carboxylic acids is 1. The maximum atomic E-state index is 12.5. The van der Waals surface area contributed by atoms with Gasteiger partial charge in [-0.2, -0.15) is 0 Å². The molecule has 0 saturated heterocycles. The molecule has 0 fully saturated rings. The van der Waals surface area contributed by atoms with E-state index in [0.29, 0.717) is 26.2 Å². The van der Waals surface area contributed by atoms with Gasteiger partial charge in [0.05, 0.1) is 0 Å². The van der Waals surface area contributed by atoms with Crippen LogP contribution >= 0.6 is 0 Å². The van der Waals surface area contributed by atoms with Crippen molar-refractivity contribution in [2.75, 3.05) is 20.3 Å². The van der Waals surface area contributed by atoms with Crippen molar-refractivity contribution in [2.24, 2.45) is 0 Å². The highest BCUT2D eigenvalue weighted by atomic mass is 16.6. The summed E-state index contributed by atoms with van der Waals surface area (Å²) in [5.41, 5.74) is 2.24. The quantitative estimate of drug-likeness (QED) is 0.843. The predicted molar refractivity (Wildman–Crippen MR) is 93.4 cm³/mol. The van der Waals surface area contributed by atoms with Crippen molar-refractivity contribution in [2.45, 2.75) is 25.8 Å². The first-order valence-electron chi connectivity index (χ1n) is 8.31. The lowest BCUT2D eigenvalue weighted by atomic mass is 9.97. The van der Waals surface area contributed by atoms with Crippen LogP contribution in [0.2, 0.25) is 0 Å². The van der Waals surface area contributed by atoms with Gasteiger partial charge < -0.3 is 14.4 Å². The lowest BCUT2D eigenvalue weighted by Crippen LogP contribution is -2.27. The fourth-order valence-corrected chi connectivity index (χ4v) is 2.87. The summed E-state index contributed by atoms with van der Waals surface area (Å²) in [6.45, 7) is 3.81. The van der Waals surface area contributed by atoms with Crippen molar-refractivity contribution in [1.82, 2.24) is 4.90 Å². The van der Waals surface area contributed by atoms with Gasteiger partial charge in [0.2, 0.25) is 5.91 Å². The Morgan fingerprint density at radius 1 is 1.08 bits per heavy atom. The highest BCUT2D eigenvalue weighted by Gasteiger charge is 2.17. The molecule has 1 unspecified atom stereocenters. The van der Waals surface area contributed by atoms with Crippen molar-refractivity contribution >= 4 is 5.91 Å². The summed E-state index contributed by atoms with van der Waals surface area (Å²) < 4.78 is 11.1. The van der Waals surface area contributed by atoms with Crippen molar-refractivity contribution in [3.63, 3.8) is 0 Å². The number of benzene rings is 2. The number of hydrogen-bond acceptors (Lipinski definition) is 3. The number of nitrogens with zero attached hydrogens (tertiary/aromatic N) is 1. The largest absolute Gasteiger partial charge is 0.486 e. The fraction of sp³-hybridized carbons (Fsp3) is 0.350. The lowest BCUT2D eigenvalue weighted by Gasteiger charge is -2.22. The van der Waals surface area contributed by atoms with Crippen LogP contribution in [0.25, 0.3) is 0 Å². The second kappa shape index (κ2) is 7.39. The molecule has 0 N–H and O–H groups in total. The maximum absolute atomic E-state index is 12.5. The Balaban J connectivity index is 1.60. The van der Waals surface area contributed by atoms with E-state index in [1.54, 1.807) is 4.90 Å². The predicted octanol–water partition coefficient (Wildman–Crippen LogP) is 3.61. The van der Waals surface area contributed by atoms with Gasteiger partial charge in [0.1, 0.15) is 13.2 Å². The number of amides is 1. The van der Waals surface area contributed by atoms with E-state index in [4.69, 9.17) is 9.47 Å². The first-order valence-corrected chi connectivity index (χ1v) is 8.31. The molecule has 0 aliphatic carbocycles. The van der Waals surface area contributed by atoms with E-state index in [1.807, 2.05) is 43.4 Å². The number of carbonyl (C=O) groups is 1. The second-order valence-electron chi connectivity index (χ2n) is 6.24. The molecule has 24 heavy (non-hydrogen) atoms. The molecule has 2 aromatic carbocycles. The Bertz CT molecular complexity index is 699. The van der Waals surface area contributed by atoms with Crippen LogP contribution in [0.3, 0.4) is 0 Å². The van der Waals surface area contributed by atoms with Gasteiger partial charge in [-0.3, -0.25) is 4.79 Å². The van der Waals surface area contributed by atoms with Gasteiger partial charge in [0.25, 0.3) is 0 Å². The van der Waals surface area contributed by atoms with Gasteiger partial charge in [-0.05, 0) is 29.2 Å². The summed E-state index contributed by atoms with van der Waals surface area (Å²) >= 11 is 0. The summed E-state index contributed by atoms with van der Waals surface area (Å²) in [5.74, 6) is 1.89. The lowest BCUT2D eigenvalue weighted by molar-refractivity contribution is -0.130. The molecule has 2 aromatic rings. The molecule has 1 amide bonds. The van der Waals surface area contributed by atoms with Crippen LogP contribution in [0.5, 0.6) is 11.5 Å². The van der Waals surface area contributed by atoms with E-state index in [0.717, 1.165) is 17.1 Å². The van der Waals surface area contributed by atoms with Crippen LogP contribution < -0.4 is 9.47 Å². The van der Waals surface area contributed by atoms with Crippen LogP contribution in [-0.4, -0.2) is 31.1 Å². The molecular formula is C20H23NO3. The summed E-state index contributed by atoms with van der Waals surface area (Å²) in [6.07, 6.45) is 0.505. The smallest absolute Gasteiger partial charge is 0.223 e. The standard InChI is InChI=1S/C20H23NO3/c1-15(17-6-4-3-5-7-17)12-20(22)21(2)14-16-8-9-18-19(13-16)24-11-10-23-18/h3-9,13,15H,10-12,14H2,1-2H3. The molecule has 1 aliphatic heterocycles. The van der Waals surface area contributed by atoms with Crippen LogP contribution in [0.4, 0.5) is 0 Å². The zero-order valence-corrected chi connectivity index (χ0v) is 14.2. The molecule has 0 bridgehead atoms. The molecule has 0 saturated carbocycles. The molecule has 3 rings (SSSR count). The zero-order valence-electron chi connectivity index (χ0n) is 14.2. The van der Waals surface area contributed by atoms with E-state index in [-0.39, 0.29) is 11.8 Å². The van der Waals surface area contributed by atoms with Gasteiger partial charge >= 0.3 is 0 Å². The minimum absolute atomic E-state index is 0.140. The number of fused-ring (bicyclic) bond motifs is 1. The monoisotopic (exact) mass is 325 g/mol. The van der Waals surface area contributed by atoms with Crippen molar-refractivity contribution < 1.29 is 14.3 Å². The number of hydrogen-bond donors (Lipinski definition) is 0. The summed E-state index contributed by atoms with van der Waals surface area (Å²) in [6, 6.07) is 16.0. The van der Waals surface area contributed by atoms with Gasteiger partial charge in [0.15, 0.2) is 11.5 Å². The molecule has 126 valence electrons.